The summed E-state index contributed by atoms with van der Waals surface area (Å²) < 4.78 is 27.9. The van der Waals surface area contributed by atoms with Crippen LogP contribution in [0.3, 0.4) is 0 Å². The van der Waals surface area contributed by atoms with Crippen molar-refractivity contribution in [1.82, 2.24) is 19.8 Å². The van der Waals surface area contributed by atoms with Gasteiger partial charge in [-0.05, 0) is 37.9 Å². The first-order valence-corrected chi connectivity index (χ1v) is 11.6. The Kier molecular flexibility index (Phi) is 8.72. The summed E-state index contributed by atoms with van der Waals surface area (Å²) in [5, 5.41) is 6.55. The SMILES string of the molecule is CCNC(=NCc1ccccc1S(=O)(=O)N1CCN(C)CC1)NCCC(C)C. The summed E-state index contributed by atoms with van der Waals surface area (Å²) in [7, 11) is -1.49. The summed E-state index contributed by atoms with van der Waals surface area (Å²) in [5.41, 5.74) is 0.725. The lowest BCUT2D eigenvalue weighted by Crippen LogP contribution is -2.47. The van der Waals surface area contributed by atoms with Crippen molar-refractivity contribution in [3.63, 3.8) is 0 Å². The van der Waals surface area contributed by atoms with Crippen molar-refractivity contribution in [1.29, 1.82) is 0 Å². The van der Waals surface area contributed by atoms with Crippen LogP contribution in [0.2, 0.25) is 0 Å². The zero-order valence-electron chi connectivity index (χ0n) is 17.6. The molecular formula is C20H35N5O2S. The normalized spacial score (nSPS) is 17.1. The molecule has 0 aliphatic carbocycles. The van der Waals surface area contributed by atoms with E-state index in [0.717, 1.165) is 44.1 Å². The van der Waals surface area contributed by atoms with Crippen molar-refractivity contribution in [3.05, 3.63) is 29.8 Å². The fourth-order valence-corrected chi connectivity index (χ4v) is 4.68. The number of aliphatic imine (C=N–C) groups is 1. The molecule has 1 aromatic rings. The molecule has 2 rings (SSSR count). The maximum Gasteiger partial charge on any atom is 0.243 e. The smallest absolute Gasteiger partial charge is 0.243 e. The third-order valence-corrected chi connectivity index (χ3v) is 6.82. The van der Waals surface area contributed by atoms with E-state index in [4.69, 9.17) is 0 Å². The first-order valence-electron chi connectivity index (χ1n) is 10.1. The highest BCUT2D eigenvalue weighted by molar-refractivity contribution is 7.89. The van der Waals surface area contributed by atoms with Crippen LogP contribution in [0.25, 0.3) is 0 Å². The molecule has 2 N–H and O–H groups in total. The Labute approximate surface area is 170 Å². The molecule has 0 spiro atoms. The van der Waals surface area contributed by atoms with E-state index in [9.17, 15) is 8.42 Å². The Morgan fingerprint density at radius 3 is 2.46 bits per heavy atom. The molecule has 0 saturated carbocycles. The molecule has 0 bridgehead atoms. The monoisotopic (exact) mass is 409 g/mol. The molecule has 0 amide bonds. The first-order chi connectivity index (χ1) is 13.3. The van der Waals surface area contributed by atoms with Gasteiger partial charge in [0.1, 0.15) is 0 Å². The van der Waals surface area contributed by atoms with E-state index < -0.39 is 10.0 Å². The van der Waals surface area contributed by atoms with Crippen LogP contribution in [0.5, 0.6) is 0 Å². The molecular weight excluding hydrogens is 374 g/mol. The van der Waals surface area contributed by atoms with Gasteiger partial charge < -0.3 is 15.5 Å². The zero-order valence-corrected chi connectivity index (χ0v) is 18.4. The predicted molar refractivity (Wildman–Crippen MR) is 115 cm³/mol. The van der Waals surface area contributed by atoms with Gasteiger partial charge >= 0.3 is 0 Å². The van der Waals surface area contributed by atoms with E-state index in [0.29, 0.717) is 30.4 Å². The Hall–Kier alpha value is -1.64. The van der Waals surface area contributed by atoms with E-state index in [2.05, 4.69) is 34.4 Å². The first kappa shape index (κ1) is 22.6. The van der Waals surface area contributed by atoms with Crippen molar-refractivity contribution in [2.45, 2.75) is 38.6 Å². The lowest BCUT2D eigenvalue weighted by Gasteiger charge is -2.32. The van der Waals surface area contributed by atoms with E-state index in [-0.39, 0.29) is 0 Å². The Balaban J connectivity index is 2.15. The molecule has 1 aliphatic rings. The minimum atomic E-state index is -3.51. The highest BCUT2D eigenvalue weighted by atomic mass is 32.2. The number of hydrogen-bond acceptors (Lipinski definition) is 4. The largest absolute Gasteiger partial charge is 0.357 e. The molecule has 1 heterocycles. The fourth-order valence-electron chi connectivity index (χ4n) is 3.04. The van der Waals surface area contributed by atoms with Crippen LogP contribution >= 0.6 is 0 Å². The van der Waals surface area contributed by atoms with Gasteiger partial charge in [-0.1, -0.05) is 32.0 Å². The van der Waals surface area contributed by atoms with Crippen LogP contribution in [0.15, 0.2) is 34.2 Å². The molecule has 1 fully saturated rings. The molecule has 1 saturated heterocycles. The molecule has 0 atom stereocenters. The second-order valence-electron chi connectivity index (χ2n) is 7.62. The molecule has 8 heteroatoms. The van der Waals surface area contributed by atoms with Crippen molar-refractivity contribution >= 4 is 16.0 Å². The molecule has 7 nitrogen and oxygen atoms in total. The molecule has 0 aromatic heterocycles. The third kappa shape index (κ3) is 6.46. The van der Waals surface area contributed by atoms with E-state index in [1.54, 1.807) is 16.4 Å². The van der Waals surface area contributed by atoms with Crippen molar-refractivity contribution in [2.75, 3.05) is 46.3 Å². The fraction of sp³-hybridized carbons (Fsp3) is 0.650. The molecule has 28 heavy (non-hydrogen) atoms. The number of guanidine groups is 1. The maximum absolute atomic E-state index is 13.2. The number of piperazine rings is 1. The highest BCUT2D eigenvalue weighted by Gasteiger charge is 2.29. The number of nitrogens with one attached hydrogen (secondary N) is 2. The van der Waals surface area contributed by atoms with Crippen molar-refractivity contribution in [3.8, 4) is 0 Å². The minimum absolute atomic E-state index is 0.320. The van der Waals surface area contributed by atoms with Gasteiger partial charge in [0.2, 0.25) is 10.0 Å². The molecule has 0 unspecified atom stereocenters. The quantitative estimate of drug-likeness (QED) is 0.505. The standard InChI is InChI=1S/C20H35N5O2S/c1-5-21-20(22-11-10-17(2)3)23-16-18-8-6-7-9-19(18)28(26,27)25-14-12-24(4)13-15-25/h6-9,17H,5,10-16H2,1-4H3,(H2,21,22,23). The highest BCUT2D eigenvalue weighted by Crippen LogP contribution is 2.22. The number of likely N-dealkylation sites (N-methyl/N-ethyl adjacent to an activating group) is 1. The Morgan fingerprint density at radius 2 is 1.82 bits per heavy atom. The molecule has 1 aliphatic heterocycles. The molecule has 1 aromatic carbocycles. The van der Waals surface area contributed by atoms with Gasteiger partial charge in [0, 0.05) is 39.3 Å². The second-order valence-corrected chi connectivity index (χ2v) is 9.53. The topological polar surface area (TPSA) is 77.0 Å². The average Bonchev–Trinajstić information content (AvgIpc) is 2.66. The second kappa shape index (κ2) is 10.8. The number of sulfonamides is 1. The zero-order chi connectivity index (χ0) is 20.6. The van der Waals surface area contributed by atoms with E-state index >= 15 is 0 Å². The van der Waals surface area contributed by atoms with Crippen LogP contribution in [-0.2, 0) is 16.6 Å². The van der Waals surface area contributed by atoms with Gasteiger partial charge in [-0.25, -0.2) is 13.4 Å². The Bertz CT molecular complexity index is 741. The summed E-state index contributed by atoms with van der Waals surface area (Å²) in [5.74, 6) is 1.33. The van der Waals surface area contributed by atoms with Crippen molar-refractivity contribution < 1.29 is 8.42 Å². The summed E-state index contributed by atoms with van der Waals surface area (Å²) in [4.78, 5) is 7.12. The molecule has 0 radical (unpaired) electrons. The van der Waals surface area contributed by atoms with E-state index in [1.807, 2.05) is 26.1 Å². The van der Waals surface area contributed by atoms with Crippen LogP contribution in [0, 0.1) is 5.92 Å². The van der Waals surface area contributed by atoms with Gasteiger partial charge in [-0.15, -0.1) is 0 Å². The summed E-state index contributed by atoms with van der Waals surface area (Å²) >= 11 is 0. The van der Waals surface area contributed by atoms with Crippen LogP contribution in [0.1, 0.15) is 32.8 Å². The average molecular weight is 410 g/mol. The molecule has 158 valence electrons. The van der Waals surface area contributed by atoms with Crippen molar-refractivity contribution in [2.24, 2.45) is 10.9 Å². The Morgan fingerprint density at radius 1 is 1.14 bits per heavy atom. The summed E-state index contributed by atoms with van der Waals surface area (Å²) in [6.45, 7) is 10.9. The summed E-state index contributed by atoms with van der Waals surface area (Å²) in [6.07, 6.45) is 1.05. The number of hydrogen-bond donors (Lipinski definition) is 2. The van der Waals surface area contributed by atoms with Gasteiger partial charge in [-0.3, -0.25) is 0 Å². The van der Waals surface area contributed by atoms with Gasteiger partial charge in [0.15, 0.2) is 5.96 Å². The minimum Gasteiger partial charge on any atom is -0.357 e. The number of nitrogens with zero attached hydrogens (tertiary/aromatic N) is 3. The lowest BCUT2D eigenvalue weighted by molar-refractivity contribution is 0.222. The van der Waals surface area contributed by atoms with E-state index in [1.165, 1.54) is 0 Å². The lowest BCUT2D eigenvalue weighted by atomic mass is 10.1. The van der Waals surface area contributed by atoms with Gasteiger partial charge in [0.25, 0.3) is 0 Å². The third-order valence-electron chi connectivity index (χ3n) is 4.82. The number of benzene rings is 1. The van der Waals surface area contributed by atoms with Crippen LogP contribution < -0.4 is 10.6 Å². The van der Waals surface area contributed by atoms with Crippen LogP contribution in [0.4, 0.5) is 0 Å². The summed E-state index contributed by atoms with van der Waals surface area (Å²) in [6, 6.07) is 7.19. The van der Waals surface area contributed by atoms with Gasteiger partial charge in [0.05, 0.1) is 11.4 Å². The number of rotatable bonds is 8. The predicted octanol–water partition coefficient (Wildman–Crippen LogP) is 1.72. The maximum atomic E-state index is 13.2. The van der Waals surface area contributed by atoms with Gasteiger partial charge in [-0.2, -0.15) is 4.31 Å². The van der Waals surface area contributed by atoms with Crippen LogP contribution in [-0.4, -0.2) is 69.9 Å².